The molecule has 0 saturated heterocycles. The van der Waals surface area contributed by atoms with Gasteiger partial charge in [-0.2, -0.15) is 0 Å². The van der Waals surface area contributed by atoms with Gasteiger partial charge >= 0.3 is 0 Å². The molecule has 1 aromatic carbocycles. The molecule has 0 saturated carbocycles. The number of nitrogens with one attached hydrogen (secondary N) is 1. The zero-order chi connectivity index (χ0) is 18.6. The monoisotopic (exact) mass is 360 g/mol. The minimum Gasteiger partial charge on any atom is -0.460 e. The van der Waals surface area contributed by atoms with Crippen molar-refractivity contribution >= 4 is 0 Å². The van der Waals surface area contributed by atoms with Crippen LogP contribution in [0.1, 0.15) is 51.7 Å². The predicted molar refractivity (Wildman–Crippen MR) is 107 cm³/mol. The first-order valence-corrected chi connectivity index (χ1v) is 10.0. The van der Waals surface area contributed by atoms with E-state index >= 15 is 0 Å². The van der Waals surface area contributed by atoms with E-state index in [1.807, 2.05) is 12.1 Å². The van der Waals surface area contributed by atoms with Crippen LogP contribution in [-0.2, 0) is 6.54 Å². The van der Waals surface area contributed by atoms with Gasteiger partial charge in [-0.1, -0.05) is 26.7 Å². The highest BCUT2D eigenvalue weighted by Crippen LogP contribution is 2.22. The van der Waals surface area contributed by atoms with Crippen molar-refractivity contribution in [2.45, 2.75) is 52.5 Å². The van der Waals surface area contributed by atoms with E-state index in [0.717, 1.165) is 43.1 Å². The Morgan fingerprint density at radius 2 is 1.54 bits per heavy atom. The number of nitrogens with zero attached hydrogens (tertiary/aromatic N) is 1. The summed E-state index contributed by atoms with van der Waals surface area (Å²) in [6, 6.07) is 10.3. The lowest BCUT2D eigenvalue weighted by Gasteiger charge is -2.21. The van der Waals surface area contributed by atoms with Crippen molar-refractivity contribution in [3.05, 3.63) is 48.0 Å². The van der Waals surface area contributed by atoms with Gasteiger partial charge in [0, 0.05) is 5.56 Å². The zero-order valence-corrected chi connectivity index (χ0v) is 16.3. The lowest BCUT2D eigenvalue weighted by atomic mass is 10.2. The van der Waals surface area contributed by atoms with E-state index in [0.29, 0.717) is 0 Å². The quantitative estimate of drug-likeness (QED) is 0.480. The molecule has 0 unspecified atom stereocenters. The van der Waals surface area contributed by atoms with Crippen molar-refractivity contribution in [2.24, 2.45) is 0 Å². The average Bonchev–Trinajstić information content (AvgIpc) is 3.12. The van der Waals surface area contributed by atoms with Gasteiger partial charge in [0.2, 0.25) is 0 Å². The largest absolute Gasteiger partial charge is 0.460 e. The van der Waals surface area contributed by atoms with Crippen molar-refractivity contribution in [3.63, 3.8) is 0 Å². The highest BCUT2D eigenvalue weighted by molar-refractivity contribution is 5.57. The summed E-state index contributed by atoms with van der Waals surface area (Å²) < 4.78 is 18.8. The van der Waals surface area contributed by atoms with E-state index in [9.17, 15) is 4.39 Å². The normalized spacial score (nSPS) is 11.4. The summed E-state index contributed by atoms with van der Waals surface area (Å²) in [5, 5.41) is 3.46. The van der Waals surface area contributed by atoms with Gasteiger partial charge in [0.15, 0.2) is 0 Å². The maximum absolute atomic E-state index is 13.0. The molecular weight excluding hydrogens is 327 g/mol. The van der Waals surface area contributed by atoms with E-state index < -0.39 is 0 Å². The van der Waals surface area contributed by atoms with E-state index in [2.05, 4.69) is 24.1 Å². The lowest BCUT2D eigenvalue weighted by Crippen LogP contribution is -2.29. The topological polar surface area (TPSA) is 28.4 Å². The van der Waals surface area contributed by atoms with Crippen LogP contribution in [0.4, 0.5) is 4.39 Å². The van der Waals surface area contributed by atoms with Crippen LogP contribution in [0.3, 0.4) is 0 Å². The van der Waals surface area contributed by atoms with Gasteiger partial charge < -0.3 is 14.6 Å². The van der Waals surface area contributed by atoms with Crippen LogP contribution in [0, 0.1) is 5.82 Å². The average molecular weight is 361 g/mol. The van der Waals surface area contributed by atoms with Crippen LogP contribution in [0.25, 0.3) is 11.3 Å². The van der Waals surface area contributed by atoms with Gasteiger partial charge in [-0.3, -0.25) is 0 Å². The molecule has 2 aromatic rings. The summed E-state index contributed by atoms with van der Waals surface area (Å²) >= 11 is 0. The predicted octanol–water partition coefficient (Wildman–Crippen LogP) is 5.47. The van der Waals surface area contributed by atoms with Crippen molar-refractivity contribution in [1.82, 2.24) is 10.2 Å². The van der Waals surface area contributed by atoms with E-state index in [-0.39, 0.29) is 5.82 Å². The molecule has 0 fully saturated rings. The molecule has 0 bridgehead atoms. The number of furan rings is 1. The molecule has 26 heavy (non-hydrogen) atoms. The van der Waals surface area contributed by atoms with Crippen LogP contribution >= 0.6 is 0 Å². The number of halogens is 1. The molecule has 1 N–H and O–H groups in total. The smallest absolute Gasteiger partial charge is 0.134 e. The number of hydrogen-bond donors (Lipinski definition) is 1. The molecule has 0 spiro atoms. The third kappa shape index (κ3) is 7.30. The second-order valence-corrected chi connectivity index (χ2v) is 6.85. The summed E-state index contributed by atoms with van der Waals surface area (Å²) in [7, 11) is 0. The highest BCUT2D eigenvalue weighted by Gasteiger charge is 2.06. The SMILES string of the molecule is CCCCN(CCCC)CCCNCc1ccc(-c2ccc(F)cc2)o1. The highest BCUT2D eigenvalue weighted by atomic mass is 19.1. The van der Waals surface area contributed by atoms with Crippen molar-refractivity contribution < 1.29 is 8.81 Å². The van der Waals surface area contributed by atoms with Gasteiger partial charge in [-0.25, -0.2) is 4.39 Å². The Morgan fingerprint density at radius 3 is 2.19 bits per heavy atom. The fourth-order valence-electron chi connectivity index (χ4n) is 2.98. The first-order valence-electron chi connectivity index (χ1n) is 10.0. The van der Waals surface area contributed by atoms with Gasteiger partial charge in [-0.15, -0.1) is 0 Å². The minimum atomic E-state index is -0.228. The van der Waals surface area contributed by atoms with Crippen molar-refractivity contribution in [3.8, 4) is 11.3 Å². The Balaban J connectivity index is 1.68. The lowest BCUT2D eigenvalue weighted by molar-refractivity contribution is 0.260. The second-order valence-electron chi connectivity index (χ2n) is 6.85. The van der Waals surface area contributed by atoms with E-state index in [1.165, 1.54) is 50.9 Å². The van der Waals surface area contributed by atoms with E-state index in [1.54, 1.807) is 12.1 Å². The maximum atomic E-state index is 13.0. The summed E-state index contributed by atoms with van der Waals surface area (Å²) in [4.78, 5) is 2.59. The summed E-state index contributed by atoms with van der Waals surface area (Å²) in [5.41, 5.74) is 0.903. The molecule has 144 valence electrons. The van der Waals surface area contributed by atoms with E-state index in [4.69, 9.17) is 4.42 Å². The molecule has 4 heteroatoms. The molecule has 2 rings (SSSR count). The Hall–Kier alpha value is -1.65. The molecular formula is C22H33FN2O. The number of unbranched alkanes of at least 4 members (excludes halogenated alkanes) is 2. The molecule has 0 amide bonds. The second kappa shape index (κ2) is 11.9. The van der Waals surface area contributed by atoms with Crippen molar-refractivity contribution in [2.75, 3.05) is 26.2 Å². The first kappa shape index (κ1) is 20.7. The summed E-state index contributed by atoms with van der Waals surface area (Å²) in [6.07, 6.45) is 6.25. The molecule has 0 aliphatic carbocycles. The molecule has 0 aliphatic rings. The Morgan fingerprint density at radius 1 is 0.885 bits per heavy atom. The third-order valence-corrected chi connectivity index (χ3v) is 4.57. The van der Waals surface area contributed by atoms with Crippen LogP contribution in [0.5, 0.6) is 0 Å². The van der Waals surface area contributed by atoms with Crippen LogP contribution < -0.4 is 5.32 Å². The molecule has 0 radical (unpaired) electrons. The molecule has 3 nitrogen and oxygen atoms in total. The van der Waals surface area contributed by atoms with Gasteiger partial charge in [-0.05, 0) is 81.8 Å². The summed E-state index contributed by atoms with van der Waals surface area (Å²) in [5.74, 6) is 1.47. The fourth-order valence-corrected chi connectivity index (χ4v) is 2.98. The zero-order valence-electron chi connectivity index (χ0n) is 16.3. The van der Waals surface area contributed by atoms with Crippen LogP contribution in [0.15, 0.2) is 40.8 Å². The van der Waals surface area contributed by atoms with Crippen LogP contribution in [0.2, 0.25) is 0 Å². The van der Waals surface area contributed by atoms with Gasteiger partial charge in [0.05, 0.1) is 6.54 Å². The molecule has 1 heterocycles. The molecule has 1 aromatic heterocycles. The minimum absolute atomic E-state index is 0.228. The molecule has 0 aliphatic heterocycles. The first-order chi connectivity index (χ1) is 12.7. The molecule has 0 atom stereocenters. The number of hydrogen-bond acceptors (Lipinski definition) is 3. The Kier molecular flexibility index (Phi) is 9.43. The summed E-state index contributed by atoms with van der Waals surface area (Å²) in [6.45, 7) is 9.82. The standard InChI is InChI=1S/C22H33FN2O/c1-3-5-15-25(16-6-4-2)17-7-14-24-18-21-12-13-22(26-21)19-8-10-20(23)11-9-19/h8-13,24H,3-7,14-18H2,1-2H3. The van der Waals surface area contributed by atoms with Gasteiger partial charge in [0.25, 0.3) is 0 Å². The Bertz CT molecular complexity index is 601. The van der Waals surface area contributed by atoms with Gasteiger partial charge in [0.1, 0.15) is 17.3 Å². The third-order valence-electron chi connectivity index (χ3n) is 4.57. The number of benzene rings is 1. The Labute approximate surface area is 157 Å². The maximum Gasteiger partial charge on any atom is 0.134 e. The fraction of sp³-hybridized carbons (Fsp3) is 0.545. The van der Waals surface area contributed by atoms with Crippen LogP contribution in [-0.4, -0.2) is 31.1 Å². The van der Waals surface area contributed by atoms with Crippen molar-refractivity contribution in [1.29, 1.82) is 0 Å². The number of rotatable bonds is 13.